The van der Waals surface area contributed by atoms with Gasteiger partial charge in [0.25, 0.3) is 0 Å². The smallest absolute Gasteiger partial charge is 0.154 e. The summed E-state index contributed by atoms with van der Waals surface area (Å²) in [6.45, 7) is 4.30. The zero-order chi connectivity index (χ0) is 9.61. The molecule has 0 aliphatic heterocycles. The van der Waals surface area contributed by atoms with Crippen molar-refractivity contribution in [2.45, 2.75) is 31.9 Å². The van der Waals surface area contributed by atoms with Crippen molar-refractivity contribution >= 4 is 9.84 Å². The summed E-state index contributed by atoms with van der Waals surface area (Å²) >= 11 is 0. The van der Waals surface area contributed by atoms with Crippen LogP contribution in [0.1, 0.15) is 26.7 Å². The van der Waals surface area contributed by atoms with Crippen LogP contribution in [0.4, 0.5) is 0 Å². The molecule has 4 heteroatoms. The first-order chi connectivity index (χ1) is 5.54. The lowest BCUT2D eigenvalue weighted by Crippen LogP contribution is -2.30. The molecule has 0 amide bonds. The van der Waals surface area contributed by atoms with Crippen LogP contribution in [-0.4, -0.2) is 33.0 Å². The van der Waals surface area contributed by atoms with Gasteiger partial charge in [0.1, 0.15) is 0 Å². The molecule has 1 unspecified atom stereocenters. The van der Waals surface area contributed by atoms with E-state index in [9.17, 15) is 8.42 Å². The van der Waals surface area contributed by atoms with E-state index in [-0.39, 0.29) is 5.25 Å². The topological polar surface area (TPSA) is 46.2 Å². The number of rotatable bonds is 6. The minimum atomic E-state index is -2.85. The quantitative estimate of drug-likeness (QED) is 0.679. The van der Waals surface area contributed by atoms with E-state index in [0.717, 1.165) is 12.8 Å². The van der Waals surface area contributed by atoms with Gasteiger partial charge in [-0.05, 0) is 20.4 Å². The Bertz CT molecular complexity index is 199. The Hall–Kier alpha value is -0.0900. The molecule has 0 radical (unpaired) electrons. The molecule has 0 rings (SSSR count). The molecular formula is C8H19NO2S. The molecule has 0 aromatic carbocycles. The van der Waals surface area contributed by atoms with Crippen molar-refractivity contribution < 1.29 is 8.42 Å². The first-order valence-corrected chi connectivity index (χ1v) is 6.12. The summed E-state index contributed by atoms with van der Waals surface area (Å²) in [6.07, 6.45) is 1.71. The average Bonchev–Trinajstić information content (AvgIpc) is 2.01. The lowest BCUT2D eigenvalue weighted by molar-refractivity contribution is 0.575. The molecule has 0 spiro atoms. The van der Waals surface area contributed by atoms with Crippen molar-refractivity contribution in [2.75, 3.05) is 19.3 Å². The van der Waals surface area contributed by atoms with E-state index in [4.69, 9.17) is 0 Å². The van der Waals surface area contributed by atoms with Crippen molar-refractivity contribution in [1.82, 2.24) is 5.32 Å². The highest BCUT2D eigenvalue weighted by molar-refractivity contribution is 7.92. The second-order valence-corrected chi connectivity index (χ2v) is 5.63. The predicted octanol–water partition coefficient (Wildman–Crippen LogP) is 0.809. The Morgan fingerprint density at radius 3 is 2.42 bits per heavy atom. The van der Waals surface area contributed by atoms with E-state index >= 15 is 0 Å². The lowest BCUT2D eigenvalue weighted by atomic mass is 10.4. The van der Waals surface area contributed by atoms with E-state index in [0.29, 0.717) is 12.3 Å². The first-order valence-electron chi connectivity index (χ1n) is 4.40. The standard InChI is InChI=1S/C8H19NO2S/c1-4-5-6-12(10,11)8(2)7-9-3/h8-9H,4-7H2,1-3H3. The van der Waals surface area contributed by atoms with Crippen LogP contribution < -0.4 is 5.32 Å². The van der Waals surface area contributed by atoms with Gasteiger partial charge in [0.15, 0.2) is 9.84 Å². The Kier molecular flexibility index (Phi) is 5.50. The monoisotopic (exact) mass is 193 g/mol. The molecule has 0 bridgehead atoms. The highest BCUT2D eigenvalue weighted by atomic mass is 32.2. The van der Waals surface area contributed by atoms with Crippen LogP contribution in [0.2, 0.25) is 0 Å². The van der Waals surface area contributed by atoms with Crippen LogP contribution in [0.5, 0.6) is 0 Å². The molecule has 0 fully saturated rings. The second kappa shape index (κ2) is 5.54. The summed E-state index contributed by atoms with van der Waals surface area (Å²) < 4.78 is 22.9. The number of hydrogen-bond acceptors (Lipinski definition) is 3. The zero-order valence-corrected chi connectivity index (χ0v) is 8.95. The number of unbranched alkanes of at least 4 members (excludes halogenated alkanes) is 1. The predicted molar refractivity (Wildman–Crippen MR) is 52.1 cm³/mol. The fourth-order valence-corrected chi connectivity index (χ4v) is 2.48. The molecule has 74 valence electrons. The van der Waals surface area contributed by atoms with E-state index in [1.165, 1.54) is 0 Å². The molecule has 0 aliphatic carbocycles. The first kappa shape index (κ1) is 11.9. The summed E-state index contributed by atoms with van der Waals surface area (Å²) in [7, 11) is -1.08. The summed E-state index contributed by atoms with van der Waals surface area (Å²) in [6, 6.07) is 0. The van der Waals surface area contributed by atoms with Crippen LogP contribution in [0.15, 0.2) is 0 Å². The minimum absolute atomic E-state index is 0.256. The van der Waals surface area contributed by atoms with Crippen LogP contribution >= 0.6 is 0 Å². The molecule has 1 N–H and O–H groups in total. The van der Waals surface area contributed by atoms with E-state index in [2.05, 4.69) is 5.32 Å². The molecule has 12 heavy (non-hydrogen) atoms. The molecule has 0 saturated carbocycles. The van der Waals surface area contributed by atoms with Gasteiger partial charge in [0, 0.05) is 6.54 Å². The third-order valence-electron chi connectivity index (χ3n) is 1.89. The molecule has 0 heterocycles. The Balaban J connectivity index is 4.01. The van der Waals surface area contributed by atoms with Gasteiger partial charge in [-0.1, -0.05) is 13.3 Å². The summed E-state index contributed by atoms with van der Waals surface area (Å²) in [5.41, 5.74) is 0. The Morgan fingerprint density at radius 2 is 2.00 bits per heavy atom. The molecular weight excluding hydrogens is 174 g/mol. The van der Waals surface area contributed by atoms with Crippen molar-refractivity contribution in [3.63, 3.8) is 0 Å². The van der Waals surface area contributed by atoms with Gasteiger partial charge in [-0.2, -0.15) is 0 Å². The number of hydrogen-bond donors (Lipinski definition) is 1. The molecule has 0 saturated heterocycles. The van der Waals surface area contributed by atoms with Gasteiger partial charge in [0.2, 0.25) is 0 Å². The summed E-state index contributed by atoms with van der Waals surface area (Å²) in [4.78, 5) is 0. The highest BCUT2D eigenvalue weighted by Crippen LogP contribution is 2.03. The van der Waals surface area contributed by atoms with Gasteiger partial charge in [-0.25, -0.2) is 8.42 Å². The molecule has 1 atom stereocenters. The molecule has 0 aromatic rings. The summed E-state index contributed by atoms with van der Waals surface area (Å²) in [5.74, 6) is 0.326. The van der Waals surface area contributed by atoms with Crippen LogP contribution in [0, 0.1) is 0 Å². The van der Waals surface area contributed by atoms with Gasteiger partial charge in [0.05, 0.1) is 11.0 Å². The minimum Gasteiger partial charge on any atom is -0.318 e. The summed E-state index contributed by atoms with van der Waals surface area (Å²) in [5, 5.41) is 2.62. The Labute approximate surface area is 75.5 Å². The van der Waals surface area contributed by atoms with Gasteiger partial charge in [-0.15, -0.1) is 0 Å². The van der Waals surface area contributed by atoms with Crippen molar-refractivity contribution in [2.24, 2.45) is 0 Å². The largest absolute Gasteiger partial charge is 0.318 e. The maximum Gasteiger partial charge on any atom is 0.154 e. The van der Waals surface area contributed by atoms with Crippen molar-refractivity contribution in [3.8, 4) is 0 Å². The van der Waals surface area contributed by atoms with Gasteiger partial charge in [-0.3, -0.25) is 0 Å². The fourth-order valence-electron chi connectivity index (χ4n) is 0.961. The SMILES string of the molecule is CCCCS(=O)(=O)C(C)CNC. The third kappa shape index (κ3) is 4.07. The van der Waals surface area contributed by atoms with Gasteiger partial charge >= 0.3 is 0 Å². The third-order valence-corrected chi connectivity index (χ3v) is 4.14. The highest BCUT2D eigenvalue weighted by Gasteiger charge is 2.18. The lowest BCUT2D eigenvalue weighted by Gasteiger charge is -2.11. The molecule has 3 nitrogen and oxygen atoms in total. The van der Waals surface area contributed by atoms with Crippen LogP contribution in [-0.2, 0) is 9.84 Å². The van der Waals surface area contributed by atoms with E-state index < -0.39 is 9.84 Å². The normalized spacial score (nSPS) is 14.6. The average molecular weight is 193 g/mol. The van der Waals surface area contributed by atoms with E-state index in [1.54, 1.807) is 14.0 Å². The van der Waals surface area contributed by atoms with Crippen LogP contribution in [0.3, 0.4) is 0 Å². The van der Waals surface area contributed by atoms with Gasteiger partial charge < -0.3 is 5.32 Å². The Morgan fingerprint density at radius 1 is 1.42 bits per heavy atom. The molecule has 0 aliphatic rings. The maximum atomic E-state index is 11.4. The number of nitrogens with one attached hydrogen (secondary N) is 1. The fraction of sp³-hybridized carbons (Fsp3) is 1.00. The van der Waals surface area contributed by atoms with Crippen LogP contribution in [0.25, 0.3) is 0 Å². The number of sulfone groups is 1. The molecule has 0 aromatic heterocycles. The second-order valence-electron chi connectivity index (χ2n) is 3.09. The van der Waals surface area contributed by atoms with Crippen molar-refractivity contribution in [1.29, 1.82) is 0 Å². The van der Waals surface area contributed by atoms with E-state index in [1.807, 2.05) is 6.92 Å². The zero-order valence-electron chi connectivity index (χ0n) is 8.13. The maximum absolute atomic E-state index is 11.4. The van der Waals surface area contributed by atoms with Crippen molar-refractivity contribution in [3.05, 3.63) is 0 Å².